The van der Waals surface area contributed by atoms with Crippen molar-refractivity contribution < 1.29 is 14.3 Å². The summed E-state index contributed by atoms with van der Waals surface area (Å²) in [4.78, 5) is 19.0. The number of nitrogens with zero attached hydrogens (tertiary/aromatic N) is 2. The van der Waals surface area contributed by atoms with E-state index in [2.05, 4.69) is 15.2 Å². The predicted molar refractivity (Wildman–Crippen MR) is 95.6 cm³/mol. The molecule has 1 aliphatic heterocycles. The van der Waals surface area contributed by atoms with Gasteiger partial charge in [-0.1, -0.05) is 24.3 Å². The largest absolute Gasteiger partial charge is 0.481 e. The van der Waals surface area contributed by atoms with Gasteiger partial charge < -0.3 is 19.7 Å². The van der Waals surface area contributed by atoms with Crippen LogP contribution in [0.2, 0.25) is 0 Å². The molecule has 1 aliphatic rings. The van der Waals surface area contributed by atoms with Gasteiger partial charge in [0.05, 0.1) is 13.2 Å². The molecular weight excluding hydrogens is 318 g/mol. The summed E-state index contributed by atoms with van der Waals surface area (Å²) in [5.74, 6) is 1.43. The number of carbonyl (C=O) groups is 1. The molecule has 1 N–H and O–H groups in total. The molecule has 0 unspecified atom stereocenters. The minimum atomic E-state index is -0.564. The van der Waals surface area contributed by atoms with E-state index in [1.54, 1.807) is 13.1 Å². The third-order valence-electron chi connectivity index (χ3n) is 4.06. The molecule has 1 fully saturated rings. The number of rotatable bonds is 6. The monoisotopic (exact) mass is 341 g/mol. The second-order valence-corrected chi connectivity index (χ2v) is 5.88. The van der Waals surface area contributed by atoms with E-state index < -0.39 is 6.10 Å². The lowest BCUT2D eigenvalue weighted by molar-refractivity contribution is -0.127. The number of anilines is 1. The zero-order valence-electron chi connectivity index (χ0n) is 14.4. The van der Waals surface area contributed by atoms with E-state index in [1.807, 2.05) is 42.5 Å². The van der Waals surface area contributed by atoms with Gasteiger partial charge in [-0.15, -0.1) is 0 Å². The van der Waals surface area contributed by atoms with Crippen molar-refractivity contribution in [1.82, 2.24) is 10.3 Å². The van der Waals surface area contributed by atoms with Crippen molar-refractivity contribution in [3.63, 3.8) is 0 Å². The standard InChI is InChI=1S/C19H23N3O3/c1-15(25-17-7-3-2-4-8-17)19(23)21-14-16-6-5-9-20-18(16)22-10-12-24-13-11-22/h2-9,15H,10-14H2,1H3,(H,21,23)/t15-/m1/s1. The minimum Gasteiger partial charge on any atom is -0.481 e. The smallest absolute Gasteiger partial charge is 0.261 e. The van der Waals surface area contributed by atoms with Crippen LogP contribution in [0.25, 0.3) is 0 Å². The van der Waals surface area contributed by atoms with Crippen LogP contribution in [0.5, 0.6) is 5.75 Å². The van der Waals surface area contributed by atoms with Gasteiger partial charge in [0.2, 0.25) is 0 Å². The van der Waals surface area contributed by atoms with Crippen LogP contribution in [0.15, 0.2) is 48.7 Å². The van der Waals surface area contributed by atoms with Crippen molar-refractivity contribution in [3.05, 3.63) is 54.2 Å². The van der Waals surface area contributed by atoms with Gasteiger partial charge in [0.1, 0.15) is 11.6 Å². The normalized spacial score (nSPS) is 15.5. The molecule has 6 heteroatoms. The van der Waals surface area contributed by atoms with Crippen molar-refractivity contribution >= 4 is 11.7 Å². The average Bonchev–Trinajstić information content (AvgIpc) is 2.68. The number of hydrogen-bond donors (Lipinski definition) is 1. The lowest BCUT2D eigenvalue weighted by Gasteiger charge is -2.29. The number of pyridine rings is 1. The Labute approximate surface area is 147 Å². The molecule has 0 aliphatic carbocycles. The first-order valence-electron chi connectivity index (χ1n) is 8.50. The van der Waals surface area contributed by atoms with Crippen molar-refractivity contribution in [2.24, 2.45) is 0 Å². The molecule has 0 bridgehead atoms. The van der Waals surface area contributed by atoms with E-state index in [0.29, 0.717) is 25.5 Å². The van der Waals surface area contributed by atoms with E-state index in [-0.39, 0.29) is 5.91 Å². The maximum atomic E-state index is 12.3. The highest BCUT2D eigenvalue weighted by Crippen LogP contribution is 2.18. The molecule has 1 saturated heterocycles. The summed E-state index contributed by atoms with van der Waals surface area (Å²) in [5.41, 5.74) is 0.990. The SMILES string of the molecule is C[C@@H](Oc1ccccc1)C(=O)NCc1cccnc1N1CCOCC1. The Morgan fingerprint density at radius 3 is 2.76 bits per heavy atom. The quantitative estimate of drug-likeness (QED) is 0.871. The fourth-order valence-electron chi connectivity index (χ4n) is 2.71. The first-order chi connectivity index (χ1) is 12.2. The molecule has 3 rings (SSSR count). The highest BCUT2D eigenvalue weighted by atomic mass is 16.5. The number of nitrogens with one attached hydrogen (secondary N) is 1. The molecule has 2 aromatic rings. The third-order valence-corrected chi connectivity index (χ3v) is 4.06. The van der Waals surface area contributed by atoms with Gasteiger partial charge in [0, 0.05) is 31.4 Å². The van der Waals surface area contributed by atoms with Crippen LogP contribution < -0.4 is 15.0 Å². The van der Waals surface area contributed by atoms with E-state index in [0.717, 1.165) is 24.5 Å². The van der Waals surface area contributed by atoms with Crippen LogP contribution in [-0.2, 0) is 16.1 Å². The van der Waals surface area contributed by atoms with Crippen LogP contribution in [0.3, 0.4) is 0 Å². The molecule has 2 heterocycles. The lowest BCUT2D eigenvalue weighted by Crippen LogP contribution is -2.39. The van der Waals surface area contributed by atoms with Gasteiger partial charge in [0.15, 0.2) is 6.10 Å². The fourth-order valence-corrected chi connectivity index (χ4v) is 2.71. The molecule has 1 atom stereocenters. The van der Waals surface area contributed by atoms with Gasteiger partial charge in [-0.05, 0) is 25.1 Å². The van der Waals surface area contributed by atoms with Crippen molar-refractivity contribution in [2.75, 3.05) is 31.2 Å². The van der Waals surface area contributed by atoms with Crippen LogP contribution >= 0.6 is 0 Å². The van der Waals surface area contributed by atoms with E-state index in [4.69, 9.17) is 9.47 Å². The van der Waals surface area contributed by atoms with E-state index >= 15 is 0 Å². The molecule has 6 nitrogen and oxygen atoms in total. The number of ether oxygens (including phenoxy) is 2. The van der Waals surface area contributed by atoms with Crippen LogP contribution in [0.1, 0.15) is 12.5 Å². The molecule has 25 heavy (non-hydrogen) atoms. The summed E-state index contributed by atoms with van der Waals surface area (Å²) in [6, 6.07) is 13.2. The summed E-state index contributed by atoms with van der Waals surface area (Å²) in [5, 5.41) is 2.94. The number of aromatic nitrogens is 1. The zero-order chi connectivity index (χ0) is 17.5. The van der Waals surface area contributed by atoms with E-state index in [9.17, 15) is 4.79 Å². The number of morpholine rings is 1. The second kappa shape index (κ2) is 8.48. The predicted octanol–water partition coefficient (Wildman–Crippen LogP) is 2.00. The number of hydrogen-bond acceptors (Lipinski definition) is 5. The highest BCUT2D eigenvalue weighted by Gasteiger charge is 2.18. The topological polar surface area (TPSA) is 63.7 Å². The summed E-state index contributed by atoms with van der Waals surface area (Å²) < 4.78 is 11.0. The lowest BCUT2D eigenvalue weighted by atomic mass is 10.2. The molecule has 0 saturated carbocycles. The maximum Gasteiger partial charge on any atom is 0.261 e. The Kier molecular flexibility index (Phi) is 5.85. The zero-order valence-corrected chi connectivity index (χ0v) is 14.4. The van der Waals surface area contributed by atoms with E-state index in [1.165, 1.54) is 0 Å². The number of amides is 1. The molecule has 0 radical (unpaired) electrons. The molecule has 132 valence electrons. The Hall–Kier alpha value is -2.60. The first kappa shape index (κ1) is 17.2. The summed E-state index contributed by atoms with van der Waals surface area (Å²) in [7, 11) is 0. The molecule has 0 spiro atoms. The minimum absolute atomic E-state index is 0.152. The third kappa shape index (κ3) is 4.70. The van der Waals surface area contributed by atoms with Crippen LogP contribution in [-0.4, -0.2) is 43.3 Å². The molecule has 1 amide bonds. The molecule has 1 aromatic heterocycles. The summed E-state index contributed by atoms with van der Waals surface area (Å²) in [6.07, 6.45) is 1.21. The average molecular weight is 341 g/mol. The Morgan fingerprint density at radius 2 is 2.00 bits per heavy atom. The number of carbonyl (C=O) groups excluding carboxylic acids is 1. The summed E-state index contributed by atoms with van der Waals surface area (Å²) >= 11 is 0. The number of para-hydroxylation sites is 1. The van der Waals surface area contributed by atoms with Crippen LogP contribution in [0, 0.1) is 0 Å². The Balaban J connectivity index is 1.58. The van der Waals surface area contributed by atoms with Gasteiger partial charge >= 0.3 is 0 Å². The van der Waals surface area contributed by atoms with Crippen molar-refractivity contribution in [3.8, 4) is 5.75 Å². The molecule has 1 aromatic carbocycles. The first-order valence-corrected chi connectivity index (χ1v) is 8.50. The van der Waals surface area contributed by atoms with Crippen LogP contribution in [0.4, 0.5) is 5.82 Å². The van der Waals surface area contributed by atoms with Gasteiger partial charge in [-0.2, -0.15) is 0 Å². The van der Waals surface area contributed by atoms with Crippen molar-refractivity contribution in [1.29, 1.82) is 0 Å². The second-order valence-electron chi connectivity index (χ2n) is 5.88. The Morgan fingerprint density at radius 1 is 1.24 bits per heavy atom. The number of benzene rings is 1. The Bertz CT molecular complexity index is 687. The van der Waals surface area contributed by atoms with Crippen molar-refractivity contribution in [2.45, 2.75) is 19.6 Å². The summed E-state index contributed by atoms with van der Waals surface area (Å²) in [6.45, 7) is 5.18. The maximum absolute atomic E-state index is 12.3. The fraction of sp³-hybridized carbons (Fsp3) is 0.368. The molecular formula is C19H23N3O3. The van der Waals surface area contributed by atoms with Gasteiger partial charge in [-0.3, -0.25) is 4.79 Å². The van der Waals surface area contributed by atoms with Gasteiger partial charge in [0.25, 0.3) is 5.91 Å². The van der Waals surface area contributed by atoms with Gasteiger partial charge in [-0.25, -0.2) is 4.98 Å². The highest BCUT2D eigenvalue weighted by molar-refractivity contribution is 5.80.